The van der Waals surface area contributed by atoms with E-state index in [4.69, 9.17) is 4.74 Å². The first-order valence-corrected chi connectivity index (χ1v) is 17.6. The fourth-order valence-electron chi connectivity index (χ4n) is 7.37. The molecule has 2 fully saturated rings. The minimum Gasteiger partial charge on any atom is -0.497 e. The summed E-state index contributed by atoms with van der Waals surface area (Å²) in [5.74, 6) is -0.699. The summed E-state index contributed by atoms with van der Waals surface area (Å²) in [6, 6.07) is 11.4. The Bertz CT molecular complexity index is 2040. The highest BCUT2D eigenvalue weighted by Crippen LogP contribution is 2.48. The van der Waals surface area contributed by atoms with E-state index in [9.17, 15) is 23.1 Å². The Morgan fingerprint density at radius 3 is 2.48 bits per heavy atom. The smallest absolute Gasteiger partial charge is 0.339 e. The summed E-state index contributed by atoms with van der Waals surface area (Å²) in [6.07, 6.45) is 8.71. The number of carbonyl (C=O) groups excluding carboxylic acids is 1. The highest BCUT2D eigenvalue weighted by atomic mass is 32.2. The zero-order valence-electron chi connectivity index (χ0n) is 26.3. The zero-order valence-corrected chi connectivity index (χ0v) is 27.1. The molecule has 3 aliphatic rings. The molecule has 1 aliphatic heterocycles. The average molecular weight is 643 g/mol. The lowest BCUT2D eigenvalue weighted by molar-refractivity contribution is 0.0695. The van der Waals surface area contributed by atoms with Crippen LogP contribution in [0.3, 0.4) is 0 Å². The minimum atomic E-state index is -3.73. The molecule has 3 heterocycles. The summed E-state index contributed by atoms with van der Waals surface area (Å²) in [7, 11) is -2.10. The third kappa shape index (κ3) is 5.10. The maximum absolute atomic E-state index is 13.3. The average Bonchev–Trinajstić information content (AvgIpc) is 3.82. The van der Waals surface area contributed by atoms with Gasteiger partial charge in [0, 0.05) is 28.6 Å². The number of sulfonamides is 1. The van der Waals surface area contributed by atoms with E-state index >= 15 is 0 Å². The van der Waals surface area contributed by atoms with Crippen LogP contribution in [0.4, 0.5) is 0 Å². The molecule has 10 nitrogen and oxygen atoms in total. The van der Waals surface area contributed by atoms with E-state index in [0.29, 0.717) is 49.0 Å². The molecule has 1 amide bonds. The monoisotopic (exact) mass is 642 g/mol. The normalized spacial score (nSPS) is 16.8. The highest BCUT2D eigenvalue weighted by molar-refractivity contribution is 7.91. The largest absolute Gasteiger partial charge is 0.497 e. The number of aromatic nitrogens is 3. The fraction of sp³-hybridized carbons (Fsp3) is 0.400. The summed E-state index contributed by atoms with van der Waals surface area (Å²) in [6.45, 7) is 4.46. The van der Waals surface area contributed by atoms with Crippen LogP contribution in [0.5, 0.6) is 5.75 Å². The number of ether oxygens (including phenoxy) is 1. The second kappa shape index (κ2) is 11.5. The maximum Gasteiger partial charge on any atom is 0.339 e. The Labute approximate surface area is 268 Å². The van der Waals surface area contributed by atoms with Gasteiger partial charge >= 0.3 is 5.97 Å². The number of nitrogens with one attached hydrogen (secondary N) is 1. The van der Waals surface area contributed by atoms with E-state index in [0.717, 1.165) is 59.0 Å². The molecule has 0 unspecified atom stereocenters. The van der Waals surface area contributed by atoms with Crippen LogP contribution in [-0.2, 0) is 23.1 Å². The van der Waals surface area contributed by atoms with Crippen molar-refractivity contribution in [2.75, 3.05) is 7.11 Å². The van der Waals surface area contributed by atoms with Gasteiger partial charge in [-0.15, -0.1) is 0 Å². The summed E-state index contributed by atoms with van der Waals surface area (Å²) in [5.41, 5.74) is 7.12. The number of aromatic carboxylic acids is 1. The van der Waals surface area contributed by atoms with Gasteiger partial charge in [-0.05, 0) is 98.6 Å². The van der Waals surface area contributed by atoms with Crippen LogP contribution in [0.1, 0.15) is 101 Å². The number of hydrogen-bond donors (Lipinski definition) is 2. The number of rotatable bonds is 8. The number of aryl methyl sites for hydroxylation is 2. The van der Waals surface area contributed by atoms with Crippen molar-refractivity contribution in [3.8, 4) is 17.0 Å². The first kappa shape index (κ1) is 30.3. The summed E-state index contributed by atoms with van der Waals surface area (Å²) in [4.78, 5) is 25.9. The topological polar surface area (TPSA) is 133 Å². The Balaban J connectivity index is 1.50. The van der Waals surface area contributed by atoms with E-state index < -0.39 is 27.1 Å². The summed E-state index contributed by atoms with van der Waals surface area (Å²) < 4.78 is 37.2. The Morgan fingerprint density at radius 1 is 1.04 bits per heavy atom. The molecule has 240 valence electrons. The molecule has 0 radical (unpaired) electrons. The van der Waals surface area contributed by atoms with Crippen LogP contribution < -0.4 is 9.46 Å². The quantitative estimate of drug-likeness (QED) is 0.228. The third-order valence-corrected chi connectivity index (χ3v) is 11.5. The van der Waals surface area contributed by atoms with E-state index in [1.807, 2.05) is 31.2 Å². The van der Waals surface area contributed by atoms with Gasteiger partial charge < -0.3 is 14.4 Å². The van der Waals surface area contributed by atoms with Gasteiger partial charge in [-0.3, -0.25) is 9.48 Å². The number of carboxylic acid groups (broad SMARTS) is 1. The number of methoxy groups -OCH3 is 1. The maximum atomic E-state index is 13.3. The standard InChI is InChI=1S/C35H38N4O6S/c1-4-39-32(30(35(41)42)20(2)36-39)24-16-23-17-25(45-3)11-15-27(23)33-31(21-8-6-5-7-9-21)28-14-10-22(18-29(28)38(33)19-24)34(40)37-46(43,44)26-12-13-26/h10-11,14-18,21,26H,4-9,12-13,19H2,1-3H3,(H,37,40)(H,41,42). The second-order valence-corrected chi connectivity index (χ2v) is 14.6. The van der Waals surface area contributed by atoms with E-state index in [1.54, 1.807) is 30.8 Å². The zero-order chi connectivity index (χ0) is 32.3. The van der Waals surface area contributed by atoms with Gasteiger partial charge in [0.1, 0.15) is 11.3 Å². The SMILES string of the molecule is CCn1nc(C)c(C(=O)O)c1C1=Cc2cc(OC)ccc2-c2c(C3CCCCC3)c3ccc(C(=O)NS(=O)(=O)C4CC4)cc3n2C1. The molecule has 4 aromatic rings. The van der Waals surface area contributed by atoms with Gasteiger partial charge in [-0.25, -0.2) is 17.9 Å². The van der Waals surface area contributed by atoms with Crippen LogP contribution in [0.2, 0.25) is 0 Å². The number of allylic oxidation sites excluding steroid dienone is 1. The summed E-state index contributed by atoms with van der Waals surface area (Å²) in [5, 5.41) is 15.4. The van der Waals surface area contributed by atoms with Crippen LogP contribution in [-0.4, -0.2) is 52.1 Å². The van der Waals surface area contributed by atoms with Crippen molar-refractivity contribution < 1.29 is 27.9 Å². The van der Waals surface area contributed by atoms with Gasteiger partial charge in [0.25, 0.3) is 5.91 Å². The first-order chi connectivity index (χ1) is 22.1. The van der Waals surface area contributed by atoms with Gasteiger partial charge in [0.15, 0.2) is 0 Å². The van der Waals surface area contributed by atoms with Gasteiger partial charge in [0.2, 0.25) is 10.0 Å². The van der Waals surface area contributed by atoms with Gasteiger partial charge in [-0.2, -0.15) is 5.10 Å². The van der Waals surface area contributed by atoms with Crippen molar-refractivity contribution in [3.63, 3.8) is 0 Å². The third-order valence-electron chi connectivity index (χ3n) is 9.69. The van der Waals surface area contributed by atoms with Crippen molar-refractivity contribution in [3.05, 3.63) is 70.0 Å². The number of hydrogen-bond acceptors (Lipinski definition) is 6. The molecule has 2 aromatic heterocycles. The molecule has 2 aromatic carbocycles. The van der Waals surface area contributed by atoms with Crippen LogP contribution in [0, 0.1) is 6.92 Å². The number of amides is 1. The fourth-order valence-corrected chi connectivity index (χ4v) is 8.67. The second-order valence-electron chi connectivity index (χ2n) is 12.6. The van der Waals surface area contributed by atoms with Gasteiger partial charge in [-0.1, -0.05) is 25.3 Å². The molecule has 0 spiro atoms. The molecular formula is C35H38N4O6S. The molecule has 2 N–H and O–H groups in total. The Hall–Kier alpha value is -4.38. The van der Waals surface area contributed by atoms with Crippen molar-refractivity contribution in [1.82, 2.24) is 19.1 Å². The Morgan fingerprint density at radius 2 is 1.80 bits per heavy atom. The molecule has 2 saturated carbocycles. The molecule has 2 aliphatic carbocycles. The van der Waals surface area contributed by atoms with Gasteiger partial charge in [0.05, 0.1) is 36.0 Å². The first-order valence-electron chi connectivity index (χ1n) is 16.0. The van der Waals surface area contributed by atoms with E-state index in [1.165, 1.54) is 12.0 Å². The number of nitrogens with zero attached hydrogens (tertiary/aromatic N) is 3. The number of benzene rings is 2. The minimum absolute atomic E-state index is 0.162. The Kier molecular flexibility index (Phi) is 7.54. The predicted molar refractivity (Wildman–Crippen MR) is 177 cm³/mol. The molecule has 7 rings (SSSR count). The number of fused-ring (bicyclic) bond motifs is 5. The highest BCUT2D eigenvalue weighted by Gasteiger charge is 2.37. The molecule has 46 heavy (non-hydrogen) atoms. The lowest BCUT2D eigenvalue weighted by Gasteiger charge is -2.24. The van der Waals surface area contributed by atoms with Crippen molar-refractivity contribution in [2.24, 2.45) is 0 Å². The van der Waals surface area contributed by atoms with Crippen LogP contribution in [0.25, 0.3) is 33.8 Å². The van der Waals surface area contributed by atoms with Crippen molar-refractivity contribution in [1.29, 1.82) is 0 Å². The lowest BCUT2D eigenvalue weighted by atomic mass is 9.81. The van der Waals surface area contributed by atoms with E-state index in [2.05, 4.69) is 20.5 Å². The molecule has 11 heteroatoms. The molecule has 0 saturated heterocycles. The molecule has 0 bridgehead atoms. The van der Waals surface area contributed by atoms with Crippen molar-refractivity contribution >= 4 is 44.5 Å². The number of carboxylic acids is 1. The van der Waals surface area contributed by atoms with Crippen LogP contribution >= 0.6 is 0 Å². The predicted octanol–water partition coefficient (Wildman–Crippen LogP) is 6.36. The molecular weight excluding hydrogens is 604 g/mol. The van der Waals surface area contributed by atoms with E-state index in [-0.39, 0.29) is 11.1 Å². The van der Waals surface area contributed by atoms with Crippen LogP contribution in [0.15, 0.2) is 36.4 Å². The lowest BCUT2D eigenvalue weighted by Crippen LogP contribution is -2.33. The molecule has 0 atom stereocenters. The number of carbonyl (C=O) groups is 2. The van der Waals surface area contributed by atoms with Crippen molar-refractivity contribution in [2.45, 2.75) is 83.1 Å². The summed E-state index contributed by atoms with van der Waals surface area (Å²) >= 11 is 0.